The molecule has 0 saturated heterocycles. The van der Waals surface area contributed by atoms with Crippen LogP contribution in [0.2, 0.25) is 0 Å². The van der Waals surface area contributed by atoms with Crippen molar-refractivity contribution in [1.82, 2.24) is 24.6 Å². The fourth-order valence-corrected chi connectivity index (χ4v) is 2.21. The van der Waals surface area contributed by atoms with Crippen molar-refractivity contribution in [2.45, 2.75) is 18.9 Å². The molecule has 0 unspecified atom stereocenters. The Balaban J connectivity index is 1.98. The van der Waals surface area contributed by atoms with Crippen molar-refractivity contribution in [3.05, 3.63) is 39.1 Å². The number of hydrogen-bond acceptors (Lipinski definition) is 6. The van der Waals surface area contributed by atoms with Crippen molar-refractivity contribution in [2.75, 3.05) is 5.73 Å². The van der Waals surface area contributed by atoms with E-state index in [1.807, 2.05) is 0 Å². The molecule has 0 aromatic carbocycles. The number of aromatic nitrogens is 5. The molecule has 9 nitrogen and oxygen atoms in total. The van der Waals surface area contributed by atoms with Crippen LogP contribution in [0.5, 0.6) is 5.88 Å². The third-order valence-corrected chi connectivity index (χ3v) is 3.40. The lowest BCUT2D eigenvalue weighted by Gasteiger charge is -1.97. The third-order valence-electron chi connectivity index (χ3n) is 3.40. The van der Waals surface area contributed by atoms with E-state index in [1.54, 1.807) is 22.9 Å². The van der Waals surface area contributed by atoms with Gasteiger partial charge in [0.2, 0.25) is 5.88 Å². The van der Waals surface area contributed by atoms with Crippen LogP contribution in [0.3, 0.4) is 0 Å². The molecule has 4 rings (SSSR count). The van der Waals surface area contributed by atoms with Gasteiger partial charge in [-0.1, -0.05) is 0 Å². The Morgan fingerprint density at radius 2 is 2.27 bits per heavy atom. The summed E-state index contributed by atoms with van der Waals surface area (Å²) in [6.07, 6.45) is 5.30. The highest BCUT2D eigenvalue weighted by Gasteiger charge is 2.20. The number of imidazole rings is 1. The zero-order valence-corrected chi connectivity index (χ0v) is 11.4. The van der Waals surface area contributed by atoms with Gasteiger partial charge in [0, 0.05) is 11.3 Å². The van der Waals surface area contributed by atoms with Crippen molar-refractivity contribution in [2.24, 2.45) is 4.99 Å². The number of nitrogens with one attached hydrogen (secondary N) is 2. The molecule has 1 aliphatic rings. The van der Waals surface area contributed by atoms with Crippen molar-refractivity contribution in [3.63, 3.8) is 0 Å². The van der Waals surface area contributed by atoms with E-state index in [9.17, 15) is 9.90 Å². The Morgan fingerprint density at radius 1 is 1.45 bits per heavy atom. The van der Waals surface area contributed by atoms with Gasteiger partial charge in [0.05, 0.1) is 12.2 Å². The number of fused-ring (bicyclic) bond motifs is 1. The van der Waals surface area contributed by atoms with Gasteiger partial charge in [-0.3, -0.25) is 9.98 Å². The molecule has 0 amide bonds. The minimum atomic E-state index is -0.489. The van der Waals surface area contributed by atoms with Crippen molar-refractivity contribution in [3.8, 4) is 5.88 Å². The average Bonchev–Trinajstić information content (AvgIpc) is 3.09. The molecule has 0 aliphatic heterocycles. The van der Waals surface area contributed by atoms with E-state index in [-0.39, 0.29) is 11.6 Å². The molecule has 0 radical (unpaired) electrons. The average molecular weight is 299 g/mol. The van der Waals surface area contributed by atoms with Crippen LogP contribution in [-0.2, 0) is 0 Å². The second-order valence-corrected chi connectivity index (χ2v) is 5.22. The van der Waals surface area contributed by atoms with Crippen LogP contribution in [0.15, 0.2) is 22.1 Å². The molecule has 1 fully saturated rings. The van der Waals surface area contributed by atoms with E-state index in [2.05, 4.69) is 25.0 Å². The summed E-state index contributed by atoms with van der Waals surface area (Å²) in [7, 11) is 0. The molecule has 9 heteroatoms. The highest BCUT2D eigenvalue weighted by Crippen LogP contribution is 2.22. The molecule has 112 valence electrons. The first-order valence-corrected chi connectivity index (χ1v) is 6.81. The van der Waals surface area contributed by atoms with E-state index >= 15 is 0 Å². The highest BCUT2D eigenvalue weighted by atomic mass is 16.3. The maximum absolute atomic E-state index is 11.2. The van der Waals surface area contributed by atoms with Gasteiger partial charge in [-0.2, -0.15) is 9.61 Å². The fourth-order valence-electron chi connectivity index (χ4n) is 2.21. The van der Waals surface area contributed by atoms with Gasteiger partial charge in [0.1, 0.15) is 11.5 Å². The Morgan fingerprint density at radius 3 is 2.95 bits per heavy atom. The van der Waals surface area contributed by atoms with Crippen LogP contribution < -0.4 is 22.1 Å². The van der Waals surface area contributed by atoms with Crippen LogP contribution in [0.4, 0.5) is 5.82 Å². The summed E-state index contributed by atoms with van der Waals surface area (Å²) < 4.78 is 1.60. The van der Waals surface area contributed by atoms with E-state index in [4.69, 9.17) is 5.73 Å². The van der Waals surface area contributed by atoms with E-state index in [1.165, 1.54) is 0 Å². The molecule has 3 heterocycles. The second-order valence-electron chi connectivity index (χ2n) is 5.22. The molecule has 22 heavy (non-hydrogen) atoms. The van der Waals surface area contributed by atoms with E-state index < -0.39 is 5.69 Å². The topological polar surface area (TPSA) is 137 Å². The van der Waals surface area contributed by atoms with Gasteiger partial charge < -0.3 is 15.8 Å². The maximum Gasteiger partial charge on any atom is 0.326 e. The highest BCUT2D eigenvalue weighted by molar-refractivity contribution is 5.57. The van der Waals surface area contributed by atoms with Gasteiger partial charge >= 0.3 is 5.69 Å². The van der Waals surface area contributed by atoms with Crippen LogP contribution in [-0.4, -0.2) is 35.7 Å². The maximum atomic E-state index is 11.2. The first-order chi connectivity index (χ1) is 10.6. The van der Waals surface area contributed by atoms with Crippen molar-refractivity contribution >= 4 is 17.5 Å². The lowest BCUT2D eigenvalue weighted by atomic mass is 10.3. The monoisotopic (exact) mass is 299 g/mol. The lowest BCUT2D eigenvalue weighted by Crippen LogP contribution is -2.19. The normalized spacial score (nSPS) is 16.7. The number of nitrogen functional groups attached to an aromatic ring is 1. The Hall–Kier alpha value is -3.10. The zero-order chi connectivity index (χ0) is 15.3. The summed E-state index contributed by atoms with van der Waals surface area (Å²) >= 11 is 0. The quantitative estimate of drug-likeness (QED) is 0.463. The predicted octanol–water partition coefficient (Wildman–Crippen LogP) is -1.36. The number of hydrogen-bond donors (Lipinski definition) is 4. The smallest absolute Gasteiger partial charge is 0.326 e. The molecule has 1 saturated carbocycles. The lowest BCUT2D eigenvalue weighted by molar-refractivity contribution is 0.454. The largest absolute Gasteiger partial charge is 0.493 e. The van der Waals surface area contributed by atoms with Gasteiger partial charge in [0.25, 0.3) is 0 Å². The predicted molar refractivity (Wildman–Crippen MR) is 77.8 cm³/mol. The van der Waals surface area contributed by atoms with E-state index in [0.717, 1.165) is 12.8 Å². The van der Waals surface area contributed by atoms with Crippen LogP contribution in [0, 0.1) is 0 Å². The summed E-state index contributed by atoms with van der Waals surface area (Å²) in [5.74, 6) is 0.102. The Bertz CT molecular complexity index is 1040. The van der Waals surface area contributed by atoms with Gasteiger partial charge in [-0.25, -0.2) is 9.78 Å². The zero-order valence-electron chi connectivity index (χ0n) is 11.4. The molecule has 0 spiro atoms. The van der Waals surface area contributed by atoms with Crippen LogP contribution in [0.25, 0.3) is 11.7 Å². The van der Waals surface area contributed by atoms with Gasteiger partial charge in [0.15, 0.2) is 11.1 Å². The summed E-state index contributed by atoms with van der Waals surface area (Å²) in [6.45, 7) is 0. The second kappa shape index (κ2) is 4.45. The van der Waals surface area contributed by atoms with Gasteiger partial charge in [-0.05, 0) is 18.9 Å². The fraction of sp³-hybridized carbons (Fsp3) is 0.231. The van der Waals surface area contributed by atoms with Crippen molar-refractivity contribution in [1.29, 1.82) is 0 Å². The molecule has 5 N–H and O–H groups in total. The number of nitrogens with two attached hydrogens (primary N) is 1. The molecule has 3 aromatic heterocycles. The first kappa shape index (κ1) is 12.6. The minimum Gasteiger partial charge on any atom is -0.493 e. The summed E-state index contributed by atoms with van der Waals surface area (Å²) in [5, 5.41) is 14.5. The Kier molecular flexibility index (Phi) is 2.55. The third kappa shape index (κ3) is 2.12. The molecule has 0 bridgehead atoms. The van der Waals surface area contributed by atoms with Gasteiger partial charge in [-0.15, -0.1) is 0 Å². The number of H-pyrrole nitrogens is 2. The first-order valence-electron chi connectivity index (χ1n) is 6.81. The Labute approximate surface area is 122 Å². The van der Waals surface area contributed by atoms with Crippen molar-refractivity contribution < 1.29 is 5.11 Å². The molecular formula is C13H13N7O2. The van der Waals surface area contributed by atoms with Crippen LogP contribution >= 0.6 is 0 Å². The number of nitrogens with zero attached hydrogens (tertiary/aromatic N) is 4. The summed E-state index contributed by atoms with van der Waals surface area (Å²) in [6, 6.07) is 2.00. The molecule has 0 atom stereocenters. The molecular weight excluding hydrogens is 286 g/mol. The molecule has 1 aliphatic carbocycles. The number of anilines is 1. The summed E-state index contributed by atoms with van der Waals surface area (Å²) in [4.78, 5) is 24.7. The minimum absolute atomic E-state index is 0.240. The molecule has 3 aromatic rings. The number of rotatable bonds is 2. The SMILES string of the molecule is Nc1cc(=NC2CC2)n2ncc(=Cc3[nH]c(=O)[nH]c3O)c2n1. The number of aromatic amines is 2. The standard InChI is InChI=1S/C13H13N7O2/c14-9-4-10(16-7-1-2-7)20-11(18-9)6(5-15-20)3-8-12(21)19-13(22)17-8/h3-5,7,21H,1-2,14H2,(H2,17,19,22). The van der Waals surface area contributed by atoms with Crippen LogP contribution in [0.1, 0.15) is 18.5 Å². The summed E-state index contributed by atoms with van der Waals surface area (Å²) in [5.41, 5.74) is 6.77. The number of aromatic hydroxyl groups is 1. The van der Waals surface area contributed by atoms with E-state index in [0.29, 0.717) is 28.2 Å².